The molecule has 1 heterocycles. The minimum atomic E-state index is -0.446. The Balaban J connectivity index is 1.66. The third-order valence-corrected chi connectivity index (χ3v) is 4.23. The average molecular weight is 402 g/mol. The summed E-state index contributed by atoms with van der Waals surface area (Å²) < 4.78 is 16.5. The van der Waals surface area contributed by atoms with E-state index in [1.807, 2.05) is 30.3 Å². The van der Waals surface area contributed by atoms with Crippen LogP contribution in [0.1, 0.15) is 29.3 Å². The first-order valence-electron chi connectivity index (χ1n) is 9.70. The summed E-state index contributed by atoms with van der Waals surface area (Å²) in [6, 6.07) is 20.2. The second kappa shape index (κ2) is 10.6. The van der Waals surface area contributed by atoms with Crippen LogP contribution in [0.4, 0.5) is 0 Å². The fraction of sp³-hybridized carbons (Fsp3) is 0.208. The predicted octanol–water partition coefficient (Wildman–Crippen LogP) is 4.64. The van der Waals surface area contributed by atoms with Gasteiger partial charge in [0.25, 0.3) is 0 Å². The first-order chi connectivity index (χ1) is 14.7. The molecule has 0 saturated heterocycles. The molecule has 2 aromatic carbocycles. The molecule has 0 unspecified atom stereocenters. The van der Waals surface area contributed by atoms with Crippen LogP contribution >= 0.6 is 0 Å². The van der Waals surface area contributed by atoms with Crippen molar-refractivity contribution in [2.75, 3.05) is 19.8 Å². The predicted molar refractivity (Wildman–Crippen MR) is 112 cm³/mol. The number of benzene rings is 2. The van der Waals surface area contributed by atoms with E-state index in [0.717, 1.165) is 5.75 Å². The molecule has 0 bridgehead atoms. The second-order valence-corrected chi connectivity index (χ2v) is 6.31. The molecule has 30 heavy (non-hydrogen) atoms. The van der Waals surface area contributed by atoms with Gasteiger partial charge in [0.1, 0.15) is 17.6 Å². The Morgan fingerprint density at radius 2 is 1.83 bits per heavy atom. The van der Waals surface area contributed by atoms with Gasteiger partial charge in [0.2, 0.25) is 0 Å². The van der Waals surface area contributed by atoms with Crippen LogP contribution in [0.25, 0.3) is 11.3 Å². The highest BCUT2D eigenvalue weighted by Gasteiger charge is 2.16. The number of carbonyl (C=O) groups is 1. The van der Waals surface area contributed by atoms with Gasteiger partial charge in [-0.2, -0.15) is 5.26 Å². The molecule has 0 amide bonds. The zero-order valence-corrected chi connectivity index (χ0v) is 16.7. The van der Waals surface area contributed by atoms with Crippen LogP contribution in [-0.2, 0) is 4.74 Å². The number of hydrogen-bond acceptors (Lipinski definition) is 6. The van der Waals surface area contributed by atoms with Crippen LogP contribution in [0.2, 0.25) is 0 Å². The molecule has 6 nitrogen and oxygen atoms in total. The molecule has 6 heteroatoms. The van der Waals surface area contributed by atoms with Crippen LogP contribution < -0.4 is 9.47 Å². The number of ether oxygens (including phenoxy) is 3. The third-order valence-electron chi connectivity index (χ3n) is 4.23. The minimum Gasteiger partial charge on any atom is -0.493 e. The van der Waals surface area contributed by atoms with E-state index >= 15 is 0 Å². The van der Waals surface area contributed by atoms with Crippen LogP contribution in [0.15, 0.2) is 66.9 Å². The lowest BCUT2D eigenvalue weighted by molar-refractivity contribution is 0.0527. The van der Waals surface area contributed by atoms with Gasteiger partial charge in [0, 0.05) is 18.2 Å². The maximum Gasteiger partial charge on any atom is 0.340 e. The monoisotopic (exact) mass is 402 g/mol. The number of esters is 1. The van der Waals surface area contributed by atoms with Gasteiger partial charge in [-0.3, -0.25) is 4.98 Å². The molecular formula is C24H22N2O4. The highest BCUT2D eigenvalue weighted by atomic mass is 16.5. The topological polar surface area (TPSA) is 81.4 Å². The SMILES string of the molecule is CCOC(=O)c1cccnc1-c1ccc(OCCCOc2ccccc2)c(C#N)c1. The van der Waals surface area contributed by atoms with Gasteiger partial charge in [0.05, 0.1) is 36.6 Å². The Morgan fingerprint density at radius 3 is 2.60 bits per heavy atom. The fourth-order valence-electron chi connectivity index (χ4n) is 2.85. The van der Waals surface area contributed by atoms with Gasteiger partial charge in [-0.25, -0.2) is 4.79 Å². The smallest absolute Gasteiger partial charge is 0.340 e. The van der Waals surface area contributed by atoms with Crippen molar-refractivity contribution in [1.29, 1.82) is 5.26 Å². The Labute approximate surface area is 175 Å². The van der Waals surface area contributed by atoms with Gasteiger partial charge in [-0.05, 0) is 49.4 Å². The number of nitriles is 1. The number of pyridine rings is 1. The summed E-state index contributed by atoms with van der Waals surface area (Å²) >= 11 is 0. The molecule has 0 aliphatic rings. The van der Waals surface area contributed by atoms with E-state index in [1.165, 1.54) is 0 Å². The third kappa shape index (κ3) is 5.36. The van der Waals surface area contributed by atoms with Crippen LogP contribution in [0.5, 0.6) is 11.5 Å². The average Bonchev–Trinajstić information content (AvgIpc) is 2.80. The molecule has 3 aromatic rings. The Bertz CT molecular complexity index is 1030. The van der Waals surface area contributed by atoms with Crippen LogP contribution in [0, 0.1) is 11.3 Å². The van der Waals surface area contributed by atoms with E-state index in [4.69, 9.17) is 14.2 Å². The van der Waals surface area contributed by atoms with E-state index < -0.39 is 5.97 Å². The second-order valence-electron chi connectivity index (χ2n) is 6.31. The standard InChI is InChI=1S/C24H22N2O4/c1-2-28-24(27)21-10-6-13-26-23(21)18-11-12-22(19(16-18)17-25)30-15-7-14-29-20-8-4-3-5-9-20/h3-6,8-13,16H,2,7,14-15H2,1H3. The zero-order chi connectivity index (χ0) is 21.2. The van der Waals surface area contributed by atoms with Crippen LogP contribution in [0.3, 0.4) is 0 Å². The molecule has 0 saturated carbocycles. The summed E-state index contributed by atoms with van der Waals surface area (Å²) in [5.41, 5.74) is 1.84. The highest BCUT2D eigenvalue weighted by molar-refractivity contribution is 5.96. The lowest BCUT2D eigenvalue weighted by Crippen LogP contribution is -2.08. The van der Waals surface area contributed by atoms with Crippen molar-refractivity contribution in [2.24, 2.45) is 0 Å². The van der Waals surface area contributed by atoms with E-state index in [9.17, 15) is 10.1 Å². The molecule has 0 N–H and O–H groups in total. The van der Waals surface area contributed by atoms with Crippen molar-refractivity contribution >= 4 is 5.97 Å². The highest BCUT2D eigenvalue weighted by Crippen LogP contribution is 2.28. The van der Waals surface area contributed by atoms with Gasteiger partial charge in [-0.15, -0.1) is 0 Å². The van der Waals surface area contributed by atoms with E-state index in [0.29, 0.717) is 47.8 Å². The van der Waals surface area contributed by atoms with Crippen molar-refractivity contribution in [1.82, 2.24) is 4.98 Å². The number of para-hydroxylation sites is 1. The quantitative estimate of drug-likeness (QED) is 0.383. The number of rotatable bonds is 9. The van der Waals surface area contributed by atoms with Crippen molar-refractivity contribution in [3.63, 3.8) is 0 Å². The number of nitrogens with zero attached hydrogens (tertiary/aromatic N) is 2. The largest absolute Gasteiger partial charge is 0.493 e. The lowest BCUT2D eigenvalue weighted by atomic mass is 10.0. The summed E-state index contributed by atoms with van der Waals surface area (Å²) in [6.45, 7) is 2.95. The van der Waals surface area contributed by atoms with Crippen LogP contribution in [-0.4, -0.2) is 30.8 Å². The molecule has 0 aliphatic heterocycles. The molecular weight excluding hydrogens is 380 g/mol. The Kier molecular flexibility index (Phi) is 7.39. The molecule has 0 fully saturated rings. The van der Waals surface area contributed by atoms with Crippen molar-refractivity contribution in [2.45, 2.75) is 13.3 Å². The minimum absolute atomic E-state index is 0.275. The van der Waals surface area contributed by atoms with E-state index in [2.05, 4.69) is 11.1 Å². The van der Waals surface area contributed by atoms with Gasteiger partial charge < -0.3 is 14.2 Å². The summed E-state index contributed by atoms with van der Waals surface area (Å²) in [7, 11) is 0. The van der Waals surface area contributed by atoms with Gasteiger partial charge in [0.15, 0.2) is 0 Å². The molecule has 0 spiro atoms. The van der Waals surface area contributed by atoms with Gasteiger partial charge >= 0.3 is 5.97 Å². The molecule has 1 aromatic heterocycles. The van der Waals surface area contributed by atoms with Crippen molar-refractivity contribution in [3.8, 4) is 28.8 Å². The first-order valence-corrected chi connectivity index (χ1v) is 9.70. The lowest BCUT2D eigenvalue weighted by Gasteiger charge is -2.11. The Morgan fingerprint density at radius 1 is 1.03 bits per heavy atom. The summed E-state index contributed by atoms with van der Waals surface area (Å²) in [5.74, 6) is 0.847. The number of hydrogen-bond donors (Lipinski definition) is 0. The van der Waals surface area contributed by atoms with Gasteiger partial charge in [-0.1, -0.05) is 18.2 Å². The van der Waals surface area contributed by atoms with E-state index in [1.54, 1.807) is 43.5 Å². The summed E-state index contributed by atoms with van der Waals surface area (Å²) in [4.78, 5) is 16.5. The molecule has 0 atom stereocenters. The maximum absolute atomic E-state index is 12.2. The molecule has 0 radical (unpaired) electrons. The first kappa shape index (κ1) is 20.9. The normalized spacial score (nSPS) is 10.1. The maximum atomic E-state index is 12.2. The fourth-order valence-corrected chi connectivity index (χ4v) is 2.85. The molecule has 0 aliphatic carbocycles. The molecule has 3 rings (SSSR count). The van der Waals surface area contributed by atoms with Crippen molar-refractivity contribution in [3.05, 3.63) is 78.0 Å². The zero-order valence-electron chi connectivity index (χ0n) is 16.7. The van der Waals surface area contributed by atoms with E-state index in [-0.39, 0.29) is 6.61 Å². The summed E-state index contributed by atoms with van der Waals surface area (Å²) in [5, 5.41) is 9.54. The number of carbonyl (C=O) groups excluding carboxylic acids is 1. The summed E-state index contributed by atoms with van der Waals surface area (Å²) in [6.07, 6.45) is 2.27. The van der Waals surface area contributed by atoms with Crippen molar-refractivity contribution < 1.29 is 19.0 Å². The molecule has 152 valence electrons. The Hall–Kier alpha value is -3.85. The number of aromatic nitrogens is 1.